The largest absolute Gasteiger partial charge is 0.390 e. The van der Waals surface area contributed by atoms with Crippen molar-refractivity contribution in [2.75, 3.05) is 0 Å². The fourth-order valence-corrected chi connectivity index (χ4v) is 8.50. The molecule has 0 aliphatic heterocycles. The zero-order valence-corrected chi connectivity index (χ0v) is 21.9. The average Bonchev–Trinajstić information content (AvgIpc) is 2.62. The first-order valence-corrected chi connectivity index (χ1v) is 13.4. The molecule has 0 aromatic carbocycles. The summed E-state index contributed by atoms with van der Waals surface area (Å²) >= 11 is 0. The predicted molar refractivity (Wildman–Crippen MR) is 135 cm³/mol. The first kappa shape index (κ1) is 25.1. The minimum Gasteiger partial charge on any atom is -0.390 e. The lowest BCUT2D eigenvalue weighted by atomic mass is 9.45. The molecule has 1 nitrogen and oxygen atoms in total. The van der Waals surface area contributed by atoms with Crippen molar-refractivity contribution in [1.82, 2.24) is 0 Å². The van der Waals surface area contributed by atoms with Gasteiger partial charge in [0.2, 0.25) is 0 Å². The van der Waals surface area contributed by atoms with E-state index in [0.717, 1.165) is 25.2 Å². The normalized spacial score (nSPS) is 40.5. The molecule has 0 spiro atoms. The quantitative estimate of drug-likeness (QED) is 0.419. The Bertz CT molecular complexity index is 679. The highest BCUT2D eigenvalue weighted by molar-refractivity contribution is 5.12. The standard InChI is InChI=1S/C30H52O/c1-22(15-16-24-23(2)13-10-18-27(24,3)4)12-9-14-26-29(7)20-11-19-28(5,6)25(29)17-21-30(26,8)31/h12,24-26,31H,2,9-11,13-21H2,1,3-8H3/b22-12+/t24-,25?,26-,29+,30-/m1/s1. The molecule has 0 saturated heterocycles. The molecule has 3 saturated carbocycles. The van der Waals surface area contributed by atoms with Gasteiger partial charge in [0.25, 0.3) is 0 Å². The van der Waals surface area contributed by atoms with Crippen LogP contribution in [-0.4, -0.2) is 10.7 Å². The Morgan fingerprint density at radius 2 is 1.65 bits per heavy atom. The predicted octanol–water partition coefficient (Wildman–Crippen LogP) is 8.87. The van der Waals surface area contributed by atoms with Crippen LogP contribution in [0.25, 0.3) is 0 Å². The lowest BCUT2D eigenvalue weighted by Crippen LogP contribution is -2.57. The van der Waals surface area contributed by atoms with Crippen molar-refractivity contribution >= 4 is 0 Å². The average molecular weight is 429 g/mol. The second kappa shape index (κ2) is 9.00. The Morgan fingerprint density at radius 1 is 0.968 bits per heavy atom. The SMILES string of the molecule is C=C1CCCC(C)(C)[C@@H]1CC/C(C)=C/CC[C@@H]1[C@@]2(C)CCCC(C)(C)C2CC[C@@]1(C)O. The number of rotatable bonds is 6. The Morgan fingerprint density at radius 3 is 2.32 bits per heavy atom. The fraction of sp³-hybridized carbons (Fsp3) is 0.867. The van der Waals surface area contributed by atoms with Crippen LogP contribution in [0.15, 0.2) is 23.8 Å². The van der Waals surface area contributed by atoms with Crippen LogP contribution in [-0.2, 0) is 0 Å². The molecule has 31 heavy (non-hydrogen) atoms. The zero-order chi connectivity index (χ0) is 23.1. The molecule has 1 N–H and O–H groups in total. The van der Waals surface area contributed by atoms with Gasteiger partial charge in [-0.3, -0.25) is 0 Å². The van der Waals surface area contributed by atoms with Gasteiger partial charge in [-0.2, -0.15) is 0 Å². The van der Waals surface area contributed by atoms with E-state index in [1.165, 1.54) is 68.9 Å². The molecule has 3 aliphatic carbocycles. The van der Waals surface area contributed by atoms with Crippen molar-refractivity contribution in [2.45, 2.75) is 131 Å². The third-order valence-corrected chi connectivity index (χ3v) is 10.3. The summed E-state index contributed by atoms with van der Waals surface area (Å²) in [5.74, 6) is 1.84. The summed E-state index contributed by atoms with van der Waals surface area (Å²) in [6.45, 7) is 21.2. The van der Waals surface area contributed by atoms with Crippen molar-refractivity contribution in [1.29, 1.82) is 0 Å². The van der Waals surface area contributed by atoms with Crippen LogP contribution in [0, 0.1) is 34.0 Å². The van der Waals surface area contributed by atoms with Crippen molar-refractivity contribution in [3.05, 3.63) is 23.8 Å². The molecule has 0 amide bonds. The number of fused-ring (bicyclic) bond motifs is 1. The van der Waals surface area contributed by atoms with E-state index in [1.54, 1.807) is 0 Å². The van der Waals surface area contributed by atoms with Gasteiger partial charge in [0.15, 0.2) is 0 Å². The summed E-state index contributed by atoms with van der Waals surface area (Å²) in [5.41, 5.74) is 3.63. The van der Waals surface area contributed by atoms with Crippen molar-refractivity contribution in [3.63, 3.8) is 0 Å². The van der Waals surface area contributed by atoms with E-state index >= 15 is 0 Å². The van der Waals surface area contributed by atoms with Gasteiger partial charge in [-0.1, -0.05) is 64.8 Å². The Kier molecular flexibility index (Phi) is 7.28. The smallest absolute Gasteiger partial charge is 0.0653 e. The molecule has 0 aromatic heterocycles. The van der Waals surface area contributed by atoms with Gasteiger partial charge >= 0.3 is 0 Å². The van der Waals surface area contributed by atoms with Gasteiger partial charge in [-0.15, -0.1) is 0 Å². The van der Waals surface area contributed by atoms with Crippen LogP contribution in [0.3, 0.4) is 0 Å². The molecule has 0 heterocycles. The van der Waals surface area contributed by atoms with E-state index in [9.17, 15) is 5.11 Å². The molecule has 178 valence electrons. The molecule has 3 aliphatic rings. The molecular formula is C30H52O. The van der Waals surface area contributed by atoms with Crippen molar-refractivity contribution in [3.8, 4) is 0 Å². The molecule has 0 radical (unpaired) electrons. The molecule has 1 heteroatoms. The highest BCUT2D eigenvalue weighted by atomic mass is 16.3. The van der Waals surface area contributed by atoms with Crippen LogP contribution in [0.2, 0.25) is 0 Å². The highest BCUT2D eigenvalue weighted by Gasteiger charge is 2.57. The van der Waals surface area contributed by atoms with E-state index in [0.29, 0.717) is 22.7 Å². The van der Waals surface area contributed by atoms with E-state index in [-0.39, 0.29) is 5.41 Å². The molecule has 0 aromatic rings. The number of hydrogen-bond donors (Lipinski definition) is 1. The van der Waals surface area contributed by atoms with Gasteiger partial charge in [0.05, 0.1) is 5.60 Å². The minimum absolute atomic E-state index is 0.287. The van der Waals surface area contributed by atoms with Crippen LogP contribution in [0.1, 0.15) is 126 Å². The maximum absolute atomic E-state index is 11.4. The molecule has 3 rings (SSSR count). The second-order valence-electron chi connectivity index (χ2n) is 13.6. The van der Waals surface area contributed by atoms with E-state index in [4.69, 9.17) is 0 Å². The first-order chi connectivity index (χ1) is 14.3. The van der Waals surface area contributed by atoms with Crippen molar-refractivity contribution in [2.24, 2.45) is 34.0 Å². The molecule has 0 bridgehead atoms. The Balaban J connectivity index is 1.62. The molecule has 1 unspecified atom stereocenters. The van der Waals surface area contributed by atoms with Gasteiger partial charge in [-0.05, 0) is 118 Å². The van der Waals surface area contributed by atoms with Gasteiger partial charge in [0.1, 0.15) is 0 Å². The van der Waals surface area contributed by atoms with E-state index < -0.39 is 5.60 Å². The van der Waals surface area contributed by atoms with E-state index in [1.807, 2.05) is 0 Å². The summed E-state index contributed by atoms with van der Waals surface area (Å²) < 4.78 is 0. The number of aliphatic hydroxyl groups is 1. The summed E-state index contributed by atoms with van der Waals surface area (Å²) in [4.78, 5) is 0. The topological polar surface area (TPSA) is 20.2 Å². The lowest BCUT2D eigenvalue weighted by molar-refractivity contribution is -0.168. The van der Waals surface area contributed by atoms with Gasteiger partial charge < -0.3 is 5.11 Å². The zero-order valence-electron chi connectivity index (χ0n) is 21.9. The fourth-order valence-electron chi connectivity index (χ4n) is 8.50. The van der Waals surface area contributed by atoms with Gasteiger partial charge in [-0.25, -0.2) is 0 Å². The second-order valence-corrected chi connectivity index (χ2v) is 13.6. The number of hydrogen-bond acceptors (Lipinski definition) is 1. The molecular weight excluding hydrogens is 376 g/mol. The summed E-state index contributed by atoms with van der Waals surface area (Å²) in [6.07, 6.45) is 17.2. The summed E-state index contributed by atoms with van der Waals surface area (Å²) in [5, 5.41) is 11.4. The van der Waals surface area contributed by atoms with Crippen molar-refractivity contribution < 1.29 is 5.11 Å². The van der Waals surface area contributed by atoms with Crippen LogP contribution >= 0.6 is 0 Å². The lowest BCUT2D eigenvalue weighted by Gasteiger charge is -2.61. The van der Waals surface area contributed by atoms with Crippen LogP contribution in [0.5, 0.6) is 0 Å². The Labute approximate surface area is 194 Å². The maximum atomic E-state index is 11.4. The molecule has 3 fully saturated rings. The van der Waals surface area contributed by atoms with Crippen LogP contribution < -0.4 is 0 Å². The maximum Gasteiger partial charge on any atom is 0.0653 e. The Hall–Kier alpha value is -0.560. The first-order valence-electron chi connectivity index (χ1n) is 13.4. The van der Waals surface area contributed by atoms with Crippen LogP contribution in [0.4, 0.5) is 0 Å². The molecule has 5 atom stereocenters. The minimum atomic E-state index is -0.510. The highest BCUT2D eigenvalue weighted by Crippen LogP contribution is 2.62. The monoisotopic (exact) mass is 428 g/mol. The van der Waals surface area contributed by atoms with Gasteiger partial charge in [0, 0.05) is 0 Å². The van der Waals surface area contributed by atoms with E-state index in [2.05, 4.69) is 61.1 Å². The summed E-state index contributed by atoms with van der Waals surface area (Å²) in [6, 6.07) is 0. The third-order valence-electron chi connectivity index (χ3n) is 10.3. The summed E-state index contributed by atoms with van der Waals surface area (Å²) in [7, 11) is 0. The number of allylic oxidation sites excluding steroid dienone is 3. The third kappa shape index (κ3) is 5.18.